The highest BCUT2D eigenvalue weighted by Crippen LogP contribution is 2.37. The van der Waals surface area contributed by atoms with Crippen molar-refractivity contribution < 1.29 is 4.74 Å². The fraction of sp³-hybridized carbons (Fsp3) is 0.125. The topological polar surface area (TPSA) is 27.1 Å². The standard InChI is InChI=1S/C24H18Cl4N2O/c25-18-5-1-16(2-6-18)24(17-3-7-19(26)8-4-17)31-23(14-30-12-11-29-15-30)21-10-9-20(27)13-22(21)28/h1-13,15,23-24H,14H2. The van der Waals surface area contributed by atoms with Crippen molar-refractivity contribution in [3.63, 3.8) is 0 Å². The van der Waals surface area contributed by atoms with E-state index in [2.05, 4.69) is 4.98 Å². The van der Waals surface area contributed by atoms with Crippen molar-refractivity contribution in [1.29, 1.82) is 0 Å². The van der Waals surface area contributed by atoms with Crippen LogP contribution in [0.25, 0.3) is 0 Å². The van der Waals surface area contributed by atoms with E-state index < -0.39 is 0 Å². The van der Waals surface area contributed by atoms with Gasteiger partial charge in [0.25, 0.3) is 0 Å². The van der Waals surface area contributed by atoms with Crippen LogP contribution >= 0.6 is 46.4 Å². The van der Waals surface area contributed by atoms with E-state index in [0.717, 1.165) is 16.7 Å². The molecule has 0 radical (unpaired) electrons. The molecule has 0 saturated heterocycles. The number of hydrogen-bond acceptors (Lipinski definition) is 2. The monoisotopic (exact) mass is 490 g/mol. The van der Waals surface area contributed by atoms with Crippen LogP contribution in [-0.4, -0.2) is 9.55 Å². The number of halogens is 4. The maximum absolute atomic E-state index is 6.72. The third kappa shape index (κ3) is 5.62. The molecule has 0 bridgehead atoms. The maximum atomic E-state index is 6.72. The zero-order valence-corrected chi connectivity index (χ0v) is 19.3. The van der Waals surface area contributed by atoms with Gasteiger partial charge in [-0.3, -0.25) is 0 Å². The lowest BCUT2D eigenvalue weighted by Crippen LogP contribution is -2.17. The van der Waals surface area contributed by atoms with Crippen LogP contribution in [0.4, 0.5) is 0 Å². The Balaban J connectivity index is 1.75. The summed E-state index contributed by atoms with van der Waals surface area (Å²) in [5.41, 5.74) is 2.77. The number of ether oxygens (including phenoxy) is 1. The fourth-order valence-corrected chi connectivity index (χ4v) is 4.13. The molecule has 0 N–H and O–H groups in total. The number of hydrogen-bond donors (Lipinski definition) is 0. The highest BCUT2D eigenvalue weighted by molar-refractivity contribution is 6.35. The molecule has 1 heterocycles. The minimum absolute atomic E-state index is 0.365. The molecule has 31 heavy (non-hydrogen) atoms. The molecular weight excluding hydrogens is 474 g/mol. The molecule has 0 aliphatic heterocycles. The van der Waals surface area contributed by atoms with Crippen molar-refractivity contribution in [2.45, 2.75) is 18.8 Å². The third-order valence-electron chi connectivity index (χ3n) is 4.89. The van der Waals surface area contributed by atoms with Crippen molar-refractivity contribution in [2.24, 2.45) is 0 Å². The van der Waals surface area contributed by atoms with Gasteiger partial charge in [-0.25, -0.2) is 4.98 Å². The van der Waals surface area contributed by atoms with Gasteiger partial charge in [0.1, 0.15) is 12.2 Å². The Morgan fingerprint density at radius 2 is 1.35 bits per heavy atom. The summed E-state index contributed by atoms with van der Waals surface area (Å²) in [6.45, 7) is 0.527. The van der Waals surface area contributed by atoms with Crippen molar-refractivity contribution in [2.75, 3.05) is 0 Å². The Hall–Kier alpha value is -2.01. The molecule has 1 aromatic heterocycles. The summed E-state index contributed by atoms with van der Waals surface area (Å²) in [5, 5.41) is 2.44. The second-order valence-electron chi connectivity index (χ2n) is 7.03. The molecule has 0 fully saturated rings. The van der Waals surface area contributed by atoms with E-state index >= 15 is 0 Å². The van der Waals surface area contributed by atoms with Crippen LogP contribution in [0.1, 0.15) is 28.9 Å². The Labute approximate surface area is 201 Å². The van der Waals surface area contributed by atoms with Crippen molar-refractivity contribution >= 4 is 46.4 Å². The Morgan fingerprint density at radius 3 is 1.87 bits per heavy atom. The SMILES string of the molecule is Clc1ccc(C(OC(Cn2ccnc2)c2ccc(Cl)cc2Cl)c2ccc(Cl)cc2)cc1. The normalized spacial score (nSPS) is 12.3. The Morgan fingerprint density at radius 1 is 0.774 bits per heavy atom. The molecule has 7 heteroatoms. The summed E-state index contributed by atoms with van der Waals surface area (Å²) in [4.78, 5) is 4.14. The van der Waals surface area contributed by atoms with E-state index in [1.807, 2.05) is 71.4 Å². The molecule has 1 unspecified atom stereocenters. The van der Waals surface area contributed by atoms with Crippen LogP contribution in [0, 0.1) is 0 Å². The van der Waals surface area contributed by atoms with E-state index in [0.29, 0.717) is 26.6 Å². The molecule has 0 amide bonds. The molecule has 0 saturated carbocycles. The summed E-state index contributed by atoms with van der Waals surface area (Å²) in [6, 6.07) is 20.7. The fourth-order valence-electron chi connectivity index (χ4n) is 3.35. The molecule has 4 rings (SSSR count). The van der Waals surface area contributed by atoms with Gasteiger partial charge in [-0.05, 0) is 47.5 Å². The second kappa shape index (κ2) is 10.1. The van der Waals surface area contributed by atoms with Crippen LogP contribution in [0.5, 0.6) is 0 Å². The van der Waals surface area contributed by atoms with E-state index in [1.165, 1.54) is 0 Å². The first kappa shape index (κ1) is 22.2. The first-order valence-corrected chi connectivity index (χ1v) is 11.1. The molecule has 0 spiro atoms. The quantitative estimate of drug-likeness (QED) is 0.261. The van der Waals surface area contributed by atoms with E-state index in [9.17, 15) is 0 Å². The van der Waals surface area contributed by atoms with Gasteiger partial charge in [-0.1, -0.05) is 76.7 Å². The van der Waals surface area contributed by atoms with Gasteiger partial charge in [0, 0.05) is 38.0 Å². The summed E-state index contributed by atoms with van der Waals surface area (Å²) in [6.07, 6.45) is 4.64. The number of nitrogens with zero attached hydrogens (tertiary/aromatic N) is 2. The highest BCUT2D eigenvalue weighted by atomic mass is 35.5. The molecule has 4 aromatic rings. The summed E-state index contributed by atoms with van der Waals surface area (Å²) >= 11 is 24.9. The van der Waals surface area contributed by atoms with Crippen LogP contribution < -0.4 is 0 Å². The molecular formula is C24H18Cl4N2O. The van der Waals surface area contributed by atoms with Gasteiger partial charge in [0.15, 0.2) is 0 Å². The highest BCUT2D eigenvalue weighted by Gasteiger charge is 2.24. The number of benzene rings is 3. The lowest BCUT2D eigenvalue weighted by Gasteiger charge is -2.27. The van der Waals surface area contributed by atoms with E-state index in [4.69, 9.17) is 51.1 Å². The minimum Gasteiger partial charge on any atom is -0.359 e. The second-order valence-corrected chi connectivity index (χ2v) is 8.75. The molecule has 1 atom stereocenters. The average molecular weight is 492 g/mol. The third-order valence-corrected chi connectivity index (χ3v) is 5.96. The Kier molecular flexibility index (Phi) is 7.21. The van der Waals surface area contributed by atoms with Crippen LogP contribution in [-0.2, 0) is 11.3 Å². The first-order valence-electron chi connectivity index (χ1n) is 9.56. The van der Waals surface area contributed by atoms with E-state index in [1.54, 1.807) is 18.6 Å². The van der Waals surface area contributed by atoms with Gasteiger partial charge in [-0.15, -0.1) is 0 Å². The first-order chi connectivity index (χ1) is 15.0. The predicted molar refractivity (Wildman–Crippen MR) is 127 cm³/mol. The zero-order valence-electron chi connectivity index (χ0n) is 16.3. The van der Waals surface area contributed by atoms with Crippen molar-refractivity contribution in [3.8, 4) is 0 Å². The van der Waals surface area contributed by atoms with E-state index in [-0.39, 0.29) is 12.2 Å². The lowest BCUT2D eigenvalue weighted by molar-refractivity contribution is -0.00318. The maximum Gasteiger partial charge on any atom is 0.108 e. The summed E-state index contributed by atoms with van der Waals surface area (Å²) in [7, 11) is 0. The van der Waals surface area contributed by atoms with Gasteiger partial charge in [0.05, 0.1) is 12.9 Å². The van der Waals surface area contributed by atoms with Crippen LogP contribution in [0.2, 0.25) is 20.1 Å². The number of imidazole rings is 1. The van der Waals surface area contributed by atoms with Crippen LogP contribution in [0.15, 0.2) is 85.5 Å². The molecule has 3 nitrogen and oxygen atoms in total. The average Bonchev–Trinajstić information content (AvgIpc) is 3.26. The van der Waals surface area contributed by atoms with Gasteiger partial charge >= 0.3 is 0 Å². The van der Waals surface area contributed by atoms with Gasteiger partial charge in [-0.2, -0.15) is 0 Å². The summed E-state index contributed by atoms with van der Waals surface area (Å²) in [5.74, 6) is 0. The number of aromatic nitrogens is 2. The van der Waals surface area contributed by atoms with Crippen molar-refractivity contribution in [3.05, 3.63) is 122 Å². The molecule has 0 aliphatic rings. The largest absolute Gasteiger partial charge is 0.359 e. The van der Waals surface area contributed by atoms with Crippen molar-refractivity contribution in [1.82, 2.24) is 9.55 Å². The summed E-state index contributed by atoms with van der Waals surface area (Å²) < 4.78 is 8.67. The smallest absolute Gasteiger partial charge is 0.108 e. The predicted octanol–water partition coefficient (Wildman–Crippen LogP) is 8.04. The zero-order chi connectivity index (χ0) is 21.8. The number of rotatable bonds is 7. The lowest BCUT2D eigenvalue weighted by atomic mass is 10.0. The molecule has 3 aromatic carbocycles. The van der Waals surface area contributed by atoms with Gasteiger partial charge < -0.3 is 9.30 Å². The minimum atomic E-state index is -0.366. The van der Waals surface area contributed by atoms with Crippen LogP contribution in [0.3, 0.4) is 0 Å². The Bertz CT molecular complexity index is 1080. The molecule has 0 aliphatic carbocycles. The molecule has 158 valence electrons. The van der Waals surface area contributed by atoms with Gasteiger partial charge in [0.2, 0.25) is 0 Å².